The summed E-state index contributed by atoms with van der Waals surface area (Å²) in [6, 6.07) is 20.6. The van der Waals surface area contributed by atoms with Gasteiger partial charge in [0.25, 0.3) is 0 Å². The lowest BCUT2D eigenvalue weighted by molar-refractivity contribution is -0.120. The van der Waals surface area contributed by atoms with Gasteiger partial charge in [0, 0.05) is 20.6 Å². The quantitative estimate of drug-likeness (QED) is 0.343. The van der Waals surface area contributed by atoms with Crippen LogP contribution in [-0.2, 0) is 17.8 Å². The monoisotopic (exact) mass is 486 g/mol. The molecular weight excluding hydrogens is 468 g/mol. The average Bonchev–Trinajstić information content (AvgIpc) is 2.75. The van der Waals surface area contributed by atoms with Crippen molar-refractivity contribution in [1.29, 1.82) is 0 Å². The third-order valence-electron chi connectivity index (χ3n) is 4.22. The molecule has 3 rings (SSSR count). The van der Waals surface area contributed by atoms with Crippen LogP contribution in [0.5, 0.6) is 11.5 Å². The summed E-state index contributed by atoms with van der Waals surface area (Å²) in [5.41, 5.74) is 5.07. The molecule has 0 atom stereocenters. The Labute approximate surface area is 188 Å². The Kier molecular flexibility index (Phi) is 7.88. The average molecular weight is 488 g/mol. The molecule has 0 aliphatic rings. The van der Waals surface area contributed by atoms with E-state index in [4.69, 9.17) is 21.1 Å². The maximum Gasteiger partial charge on any atom is 0.244 e. The minimum absolute atomic E-state index is 0.194. The predicted octanol–water partition coefficient (Wildman–Crippen LogP) is 5.38. The van der Waals surface area contributed by atoms with Gasteiger partial charge in [-0.15, -0.1) is 0 Å². The van der Waals surface area contributed by atoms with E-state index in [2.05, 4.69) is 26.5 Å². The molecule has 5 nitrogen and oxygen atoms in total. The van der Waals surface area contributed by atoms with E-state index in [9.17, 15) is 4.79 Å². The van der Waals surface area contributed by atoms with Crippen LogP contribution in [0.3, 0.4) is 0 Å². The van der Waals surface area contributed by atoms with Crippen LogP contribution < -0.4 is 14.9 Å². The molecule has 0 fully saturated rings. The number of carbonyl (C=O) groups is 1. The first-order valence-corrected chi connectivity index (χ1v) is 10.3. The predicted molar refractivity (Wildman–Crippen MR) is 122 cm³/mol. The van der Waals surface area contributed by atoms with E-state index in [1.807, 2.05) is 54.6 Å². The van der Waals surface area contributed by atoms with Gasteiger partial charge in [0.2, 0.25) is 5.91 Å². The number of methoxy groups -OCH3 is 1. The molecular formula is C23H20BrClN2O3. The first-order chi connectivity index (χ1) is 14.6. The van der Waals surface area contributed by atoms with Gasteiger partial charge in [0.05, 0.1) is 19.7 Å². The molecule has 0 spiro atoms. The molecule has 0 saturated heterocycles. The van der Waals surface area contributed by atoms with Gasteiger partial charge in [0.15, 0.2) is 11.5 Å². The fourth-order valence-corrected chi connectivity index (χ4v) is 3.30. The van der Waals surface area contributed by atoms with Crippen molar-refractivity contribution in [3.8, 4) is 11.5 Å². The minimum atomic E-state index is -0.194. The summed E-state index contributed by atoms with van der Waals surface area (Å²) in [4.78, 5) is 12.0. The Morgan fingerprint density at radius 1 is 1.10 bits per heavy atom. The number of nitrogens with one attached hydrogen (secondary N) is 1. The maximum absolute atomic E-state index is 12.0. The highest BCUT2D eigenvalue weighted by molar-refractivity contribution is 9.10. The first-order valence-electron chi connectivity index (χ1n) is 9.16. The highest BCUT2D eigenvalue weighted by Gasteiger charge is 2.11. The molecule has 0 bridgehead atoms. The highest BCUT2D eigenvalue weighted by Crippen LogP contribution is 2.33. The lowest BCUT2D eigenvalue weighted by atomic mass is 10.1. The molecule has 1 amide bonds. The Morgan fingerprint density at radius 2 is 1.83 bits per heavy atom. The molecule has 0 saturated carbocycles. The van der Waals surface area contributed by atoms with E-state index in [0.717, 1.165) is 21.2 Å². The first kappa shape index (κ1) is 21.9. The van der Waals surface area contributed by atoms with Crippen LogP contribution in [0, 0.1) is 0 Å². The van der Waals surface area contributed by atoms with Gasteiger partial charge in [-0.05, 0) is 39.7 Å². The Balaban J connectivity index is 1.65. The van der Waals surface area contributed by atoms with Crippen LogP contribution >= 0.6 is 27.5 Å². The number of ether oxygens (including phenoxy) is 2. The number of nitrogens with zero attached hydrogens (tertiary/aromatic N) is 1. The van der Waals surface area contributed by atoms with Crippen LogP contribution in [0.1, 0.15) is 16.7 Å². The number of hydrazone groups is 1. The highest BCUT2D eigenvalue weighted by atomic mass is 79.9. The zero-order valence-electron chi connectivity index (χ0n) is 16.3. The van der Waals surface area contributed by atoms with E-state index in [1.54, 1.807) is 25.5 Å². The number of rotatable bonds is 8. The van der Waals surface area contributed by atoms with Crippen molar-refractivity contribution >= 4 is 39.7 Å². The molecule has 1 N–H and O–H groups in total. The van der Waals surface area contributed by atoms with E-state index in [-0.39, 0.29) is 12.3 Å². The topological polar surface area (TPSA) is 59.9 Å². The van der Waals surface area contributed by atoms with Crippen molar-refractivity contribution in [2.75, 3.05) is 7.11 Å². The summed E-state index contributed by atoms with van der Waals surface area (Å²) < 4.78 is 12.1. The number of carbonyl (C=O) groups excluding carboxylic acids is 1. The molecule has 30 heavy (non-hydrogen) atoms. The Hall–Kier alpha value is -2.83. The SMILES string of the molecule is COc1cc(/C=N\NC(=O)Cc2ccccc2)c(Br)cc1OCc1ccccc1Cl. The van der Waals surface area contributed by atoms with E-state index in [0.29, 0.717) is 23.1 Å². The molecule has 0 aliphatic carbocycles. The van der Waals surface area contributed by atoms with Crippen molar-refractivity contribution in [1.82, 2.24) is 5.43 Å². The third kappa shape index (κ3) is 6.08. The van der Waals surface area contributed by atoms with Crippen molar-refractivity contribution in [2.24, 2.45) is 5.10 Å². The van der Waals surface area contributed by atoms with Crippen LogP contribution in [0.25, 0.3) is 0 Å². The number of halogens is 2. The Bertz CT molecular complexity index is 1040. The van der Waals surface area contributed by atoms with Crippen molar-refractivity contribution in [2.45, 2.75) is 13.0 Å². The van der Waals surface area contributed by atoms with Crippen molar-refractivity contribution in [3.05, 3.63) is 92.9 Å². The number of hydrogen-bond acceptors (Lipinski definition) is 4. The van der Waals surface area contributed by atoms with Crippen LogP contribution in [0.15, 0.2) is 76.3 Å². The second kappa shape index (κ2) is 10.8. The molecule has 3 aromatic rings. The van der Waals surface area contributed by atoms with Crippen molar-refractivity contribution in [3.63, 3.8) is 0 Å². The number of benzene rings is 3. The fraction of sp³-hybridized carbons (Fsp3) is 0.130. The zero-order chi connectivity index (χ0) is 21.3. The lowest BCUT2D eigenvalue weighted by Gasteiger charge is -2.13. The van der Waals surface area contributed by atoms with Gasteiger partial charge in [-0.25, -0.2) is 5.43 Å². The second-order valence-corrected chi connectivity index (χ2v) is 7.62. The van der Waals surface area contributed by atoms with Gasteiger partial charge in [0.1, 0.15) is 6.61 Å². The summed E-state index contributed by atoms with van der Waals surface area (Å²) in [6.45, 7) is 0.311. The van der Waals surface area contributed by atoms with Gasteiger partial charge < -0.3 is 9.47 Å². The molecule has 0 unspecified atom stereocenters. The van der Waals surface area contributed by atoms with Crippen LogP contribution in [0.2, 0.25) is 5.02 Å². The molecule has 7 heteroatoms. The smallest absolute Gasteiger partial charge is 0.244 e. The summed E-state index contributed by atoms with van der Waals surface area (Å²) in [5.74, 6) is 0.914. The minimum Gasteiger partial charge on any atom is -0.493 e. The lowest BCUT2D eigenvalue weighted by Crippen LogP contribution is -2.19. The molecule has 0 radical (unpaired) electrons. The van der Waals surface area contributed by atoms with E-state index >= 15 is 0 Å². The van der Waals surface area contributed by atoms with Crippen molar-refractivity contribution < 1.29 is 14.3 Å². The standard InChI is InChI=1S/C23H20BrClN2O3/c1-29-21-12-18(14-26-27-23(28)11-16-7-3-2-4-8-16)19(24)13-22(21)30-15-17-9-5-6-10-20(17)25/h2-10,12-14H,11,15H2,1H3,(H,27,28)/b26-14-. The molecule has 0 aromatic heterocycles. The summed E-state index contributed by atoms with van der Waals surface area (Å²) in [5, 5.41) is 4.68. The van der Waals surface area contributed by atoms with Gasteiger partial charge in [-0.2, -0.15) is 5.10 Å². The summed E-state index contributed by atoms with van der Waals surface area (Å²) in [7, 11) is 1.56. The van der Waals surface area contributed by atoms with Gasteiger partial charge in [-0.1, -0.05) is 60.1 Å². The number of amides is 1. The Morgan fingerprint density at radius 3 is 2.57 bits per heavy atom. The normalized spacial score (nSPS) is 10.8. The summed E-state index contributed by atoms with van der Waals surface area (Å²) in [6.07, 6.45) is 1.81. The van der Waals surface area contributed by atoms with Gasteiger partial charge in [-0.3, -0.25) is 4.79 Å². The number of hydrogen-bond donors (Lipinski definition) is 1. The van der Waals surface area contributed by atoms with E-state index < -0.39 is 0 Å². The molecule has 3 aromatic carbocycles. The second-order valence-electron chi connectivity index (χ2n) is 6.36. The third-order valence-corrected chi connectivity index (χ3v) is 5.28. The zero-order valence-corrected chi connectivity index (χ0v) is 18.6. The van der Waals surface area contributed by atoms with Crippen LogP contribution in [-0.4, -0.2) is 19.2 Å². The fourth-order valence-electron chi connectivity index (χ4n) is 2.69. The van der Waals surface area contributed by atoms with Gasteiger partial charge >= 0.3 is 0 Å². The molecule has 154 valence electrons. The van der Waals surface area contributed by atoms with Crippen LogP contribution in [0.4, 0.5) is 0 Å². The molecule has 0 heterocycles. The summed E-state index contributed by atoms with van der Waals surface area (Å²) >= 11 is 9.69. The van der Waals surface area contributed by atoms with E-state index in [1.165, 1.54) is 0 Å². The molecule has 0 aliphatic heterocycles. The maximum atomic E-state index is 12.0. The largest absolute Gasteiger partial charge is 0.493 e.